The molecule has 0 heterocycles. The maximum Gasteiger partial charge on any atom is 0.146 e. The molecule has 2 heteroatoms. The summed E-state index contributed by atoms with van der Waals surface area (Å²) in [7, 11) is 1.85. The second-order valence-electron chi connectivity index (χ2n) is 5.40. The number of rotatable bonds is 7. The molecule has 0 saturated carbocycles. The summed E-state index contributed by atoms with van der Waals surface area (Å²) in [5.41, 5.74) is 2.62. The predicted molar refractivity (Wildman–Crippen MR) is 87.5 cm³/mol. The lowest BCUT2D eigenvalue weighted by Crippen LogP contribution is -2.32. The van der Waals surface area contributed by atoms with Gasteiger partial charge in [-0.1, -0.05) is 60.7 Å². The smallest absolute Gasteiger partial charge is 0.146 e. The second-order valence-corrected chi connectivity index (χ2v) is 5.40. The normalized spacial score (nSPS) is 12.3. The first-order chi connectivity index (χ1) is 10.2. The van der Waals surface area contributed by atoms with Crippen LogP contribution in [0.2, 0.25) is 0 Å². The van der Waals surface area contributed by atoms with Crippen LogP contribution in [-0.2, 0) is 4.79 Å². The van der Waals surface area contributed by atoms with Gasteiger partial charge in [0.2, 0.25) is 0 Å². The van der Waals surface area contributed by atoms with Crippen molar-refractivity contribution in [2.24, 2.45) is 0 Å². The Morgan fingerprint density at radius 2 is 1.38 bits per heavy atom. The first kappa shape index (κ1) is 15.5. The number of Topliss-reactive ketones (excluding diaryl/α,β-unsaturated/α-hetero) is 1. The third-order valence-electron chi connectivity index (χ3n) is 3.99. The molecular weight excluding hydrogens is 258 g/mol. The third-order valence-corrected chi connectivity index (χ3v) is 3.99. The molecule has 0 unspecified atom stereocenters. The summed E-state index contributed by atoms with van der Waals surface area (Å²) in [4.78, 5) is 11.6. The third kappa shape index (κ3) is 4.27. The lowest BCUT2D eigenvalue weighted by atomic mass is 9.86. The van der Waals surface area contributed by atoms with E-state index in [2.05, 4.69) is 53.8 Å². The summed E-state index contributed by atoms with van der Waals surface area (Å²) >= 11 is 0. The zero-order valence-electron chi connectivity index (χ0n) is 12.8. The fourth-order valence-corrected chi connectivity index (χ4v) is 2.78. The zero-order chi connectivity index (χ0) is 15.1. The van der Waals surface area contributed by atoms with Crippen LogP contribution >= 0.6 is 0 Å². The highest BCUT2D eigenvalue weighted by Gasteiger charge is 2.18. The van der Waals surface area contributed by atoms with Gasteiger partial charge in [-0.15, -0.1) is 0 Å². The van der Waals surface area contributed by atoms with Gasteiger partial charge in [0.25, 0.3) is 0 Å². The Balaban J connectivity index is 2.19. The number of likely N-dealkylation sites (N-methyl/N-ethyl adjacent to an activating group) is 1. The molecule has 2 aromatic rings. The number of hydrogen-bond donors (Lipinski definition) is 1. The van der Waals surface area contributed by atoms with Crippen LogP contribution in [-0.4, -0.2) is 18.9 Å². The van der Waals surface area contributed by atoms with Crippen molar-refractivity contribution in [3.8, 4) is 0 Å². The summed E-state index contributed by atoms with van der Waals surface area (Å²) < 4.78 is 0. The minimum Gasteiger partial charge on any atom is -0.311 e. The first-order valence-corrected chi connectivity index (χ1v) is 7.50. The molecule has 21 heavy (non-hydrogen) atoms. The number of benzene rings is 2. The van der Waals surface area contributed by atoms with E-state index in [-0.39, 0.29) is 11.8 Å². The molecule has 0 aliphatic carbocycles. The van der Waals surface area contributed by atoms with Crippen LogP contribution in [0.4, 0.5) is 0 Å². The van der Waals surface area contributed by atoms with Crippen molar-refractivity contribution in [3.05, 3.63) is 71.8 Å². The van der Waals surface area contributed by atoms with Crippen molar-refractivity contribution < 1.29 is 4.79 Å². The molecule has 0 spiro atoms. The molecule has 2 nitrogen and oxygen atoms in total. The van der Waals surface area contributed by atoms with Crippen LogP contribution < -0.4 is 5.32 Å². The van der Waals surface area contributed by atoms with E-state index in [0.29, 0.717) is 5.92 Å². The second kappa shape index (κ2) is 7.75. The molecule has 0 saturated heterocycles. The predicted octanol–water partition coefficient (Wildman–Crippen LogP) is 3.78. The SMILES string of the molecule is CN[C@@H](CCC(c1ccccc1)c1ccccc1)C(C)=O. The van der Waals surface area contributed by atoms with Crippen LogP contribution in [0.3, 0.4) is 0 Å². The van der Waals surface area contributed by atoms with Gasteiger partial charge >= 0.3 is 0 Å². The molecule has 0 aliphatic rings. The molecular formula is C19H23NO. The van der Waals surface area contributed by atoms with E-state index in [9.17, 15) is 4.79 Å². The number of ketones is 1. The lowest BCUT2D eigenvalue weighted by Gasteiger charge is -2.21. The molecule has 110 valence electrons. The summed E-state index contributed by atoms with van der Waals surface area (Å²) in [5.74, 6) is 0.542. The standard InChI is InChI=1S/C19H23NO/c1-15(21)19(20-2)14-13-18(16-9-5-3-6-10-16)17-11-7-4-8-12-17/h3-12,18-20H,13-14H2,1-2H3/t19-/m0/s1. The van der Waals surface area contributed by atoms with Crippen molar-refractivity contribution in [1.82, 2.24) is 5.32 Å². The summed E-state index contributed by atoms with van der Waals surface area (Å²) in [6.45, 7) is 1.65. The molecule has 1 N–H and O–H groups in total. The minimum absolute atomic E-state index is 0.0556. The molecule has 0 amide bonds. The molecule has 1 atom stereocenters. The van der Waals surface area contributed by atoms with E-state index in [0.717, 1.165) is 12.8 Å². The van der Waals surface area contributed by atoms with E-state index in [1.54, 1.807) is 6.92 Å². The maximum absolute atomic E-state index is 11.6. The van der Waals surface area contributed by atoms with Crippen molar-refractivity contribution in [3.63, 3.8) is 0 Å². The molecule has 0 fully saturated rings. The molecule has 2 rings (SSSR count). The van der Waals surface area contributed by atoms with Crippen molar-refractivity contribution in [2.45, 2.75) is 31.7 Å². The largest absolute Gasteiger partial charge is 0.311 e. The van der Waals surface area contributed by atoms with Gasteiger partial charge in [-0.3, -0.25) is 4.79 Å². The number of hydrogen-bond acceptors (Lipinski definition) is 2. The molecule has 0 bridgehead atoms. The highest BCUT2D eigenvalue weighted by molar-refractivity contribution is 5.81. The van der Waals surface area contributed by atoms with Gasteiger partial charge in [0.1, 0.15) is 5.78 Å². The Bertz CT molecular complexity index is 511. The van der Waals surface area contributed by atoms with Gasteiger partial charge in [0.15, 0.2) is 0 Å². The van der Waals surface area contributed by atoms with E-state index in [1.807, 2.05) is 19.2 Å². The Morgan fingerprint density at radius 3 is 1.76 bits per heavy atom. The Labute approximate surface area is 127 Å². The topological polar surface area (TPSA) is 29.1 Å². The highest BCUT2D eigenvalue weighted by Crippen LogP contribution is 2.29. The highest BCUT2D eigenvalue weighted by atomic mass is 16.1. The van der Waals surface area contributed by atoms with Crippen LogP contribution in [0, 0.1) is 0 Å². The van der Waals surface area contributed by atoms with Crippen molar-refractivity contribution in [2.75, 3.05) is 7.05 Å². The van der Waals surface area contributed by atoms with Gasteiger partial charge in [0, 0.05) is 5.92 Å². The van der Waals surface area contributed by atoms with E-state index in [1.165, 1.54) is 11.1 Å². The molecule has 0 radical (unpaired) electrons. The number of nitrogens with one attached hydrogen (secondary N) is 1. The Kier molecular flexibility index (Phi) is 5.70. The van der Waals surface area contributed by atoms with Gasteiger partial charge < -0.3 is 5.32 Å². The van der Waals surface area contributed by atoms with Crippen molar-refractivity contribution in [1.29, 1.82) is 0 Å². The van der Waals surface area contributed by atoms with Gasteiger partial charge in [0.05, 0.1) is 6.04 Å². The summed E-state index contributed by atoms with van der Waals surface area (Å²) in [5, 5.41) is 3.11. The summed E-state index contributed by atoms with van der Waals surface area (Å²) in [6.07, 6.45) is 1.80. The maximum atomic E-state index is 11.6. The van der Waals surface area contributed by atoms with E-state index >= 15 is 0 Å². The number of carbonyl (C=O) groups excluding carboxylic acids is 1. The van der Waals surface area contributed by atoms with Crippen LogP contribution in [0.15, 0.2) is 60.7 Å². The number of carbonyl (C=O) groups is 1. The van der Waals surface area contributed by atoms with Crippen LogP contribution in [0.25, 0.3) is 0 Å². The van der Waals surface area contributed by atoms with E-state index in [4.69, 9.17) is 0 Å². The Hall–Kier alpha value is -1.93. The minimum atomic E-state index is -0.0556. The summed E-state index contributed by atoms with van der Waals surface area (Å²) in [6, 6.07) is 21.0. The lowest BCUT2D eigenvalue weighted by molar-refractivity contribution is -0.119. The molecule has 0 aromatic heterocycles. The van der Waals surface area contributed by atoms with Crippen LogP contribution in [0.5, 0.6) is 0 Å². The monoisotopic (exact) mass is 281 g/mol. The van der Waals surface area contributed by atoms with Gasteiger partial charge in [-0.05, 0) is 37.9 Å². The quantitative estimate of drug-likeness (QED) is 0.837. The molecule has 0 aliphatic heterocycles. The van der Waals surface area contributed by atoms with Gasteiger partial charge in [-0.25, -0.2) is 0 Å². The first-order valence-electron chi connectivity index (χ1n) is 7.50. The van der Waals surface area contributed by atoms with Crippen LogP contribution in [0.1, 0.15) is 36.8 Å². The van der Waals surface area contributed by atoms with Gasteiger partial charge in [-0.2, -0.15) is 0 Å². The fourth-order valence-electron chi connectivity index (χ4n) is 2.78. The fraction of sp³-hybridized carbons (Fsp3) is 0.316. The van der Waals surface area contributed by atoms with Crippen molar-refractivity contribution >= 4 is 5.78 Å². The van der Waals surface area contributed by atoms with E-state index < -0.39 is 0 Å². The average Bonchev–Trinajstić information content (AvgIpc) is 2.53. The Morgan fingerprint density at radius 1 is 0.905 bits per heavy atom. The average molecular weight is 281 g/mol. The zero-order valence-corrected chi connectivity index (χ0v) is 12.8. The molecule has 2 aromatic carbocycles.